The Labute approximate surface area is 146 Å². The monoisotopic (exact) mass is 345 g/mol. The van der Waals surface area contributed by atoms with Gasteiger partial charge in [-0.05, 0) is 18.9 Å². The summed E-state index contributed by atoms with van der Waals surface area (Å²) >= 11 is 0. The number of amides is 1. The fourth-order valence-electron chi connectivity index (χ4n) is 3.52. The Morgan fingerprint density at radius 3 is 2.76 bits per heavy atom. The fraction of sp³-hybridized carbons (Fsp3) is 0.471. The van der Waals surface area contributed by atoms with Crippen molar-refractivity contribution < 1.29 is 14.3 Å². The molecule has 0 atom stereocenters. The van der Waals surface area contributed by atoms with E-state index in [0.29, 0.717) is 5.69 Å². The Hall–Kier alpha value is -2.45. The van der Waals surface area contributed by atoms with E-state index in [1.54, 1.807) is 21.3 Å². The van der Waals surface area contributed by atoms with E-state index in [2.05, 4.69) is 20.9 Å². The molecule has 1 amide bonds. The Bertz CT molecular complexity index is 708. The van der Waals surface area contributed by atoms with E-state index in [-0.39, 0.29) is 17.5 Å². The van der Waals surface area contributed by atoms with E-state index < -0.39 is 11.8 Å². The summed E-state index contributed by atoms with van der Waals surface area (Å²) < 4.78 is 10.5. The largest absolute Gasteiger partial charge is 0.393 e. The van der Waals surface area contributed by atoms with Crippen LogP contribution in [0.4, 0.5) is 5.82 Å². The van der Waals surface area contributed by atoms with Gasteiger partial charge >= 0.3 is 0 Å². The first-order valence-electron chi connectivity index (χ1n) is 8.11. The van der Waals surface area contributed by atoms with E-state index >= 15 is 0 Å². The molecule has 2 bridgehead atoms. The van der Waals surface area contributed by atoms with Crippen molar-refractivity contribution in [2.24, 2.45) is 0 Å². The third-order valence-electron chi connectivity index (χ3n) is 4.70. The molecule has 4 N–H and O–H groups in total. The van der Waals surface area contributed by atoms with Gasteiger partial charge in [-0.2, -0.15) is 0 Å². The zero-order chi connectivity index (χ0) is 18.0. The van der Waals surface area contributed by atoms with Crippen molar-refractivity contribution in [1.82, 2.24) is 15.6 Å². The van der Waals surface area contributed by atoms with Crippen molar-refractivity contribution in [3.8, 4) is 0 Å². The minimum Gasteiger partial charge on any atom is -0.393 e. The number of anilines is 1. The van der Waals surface area contributed by atoms with Crippen molar-refractivity contribution in [3.05, 3.63) is 35.2 Å². The summed E-state index contributed by atoms with van der Waals surface area (Å²) in [7, 11) is 4.82. The highest BCUT2D eigenvalue weighted by molar-refractivity contribution is 6.11. The van der Waals surface area contributed by atoms with Crippen LogP contribution in [0.3, 0.4) is 0 Å². The number of aromatic nitrogens is 1. The highest BCUT2D eigenvalue weighted by Gasteiger charge is 2.52. The van der Waals surface area contributed by atoms with E-state index in [9.17, 15) is 4.79 Å². The number of methoxy groups -OCH3 is 2. The molecule has 3 aliphatic rings. The average molecular weight is 345 g/mol. The highest BCUT2D eigenvalue weighted by atomic mass is 16.7. The molecule has 4 rings (SSSR count). The Morgan fingerprint density at radius 1 is 1.44 bits per heavy atom. The van der Waals surface area contributed by atoms with E-state index in [1.807, 2.05) is 12.1 Å². The predicted octanol–water partition coefficient (Wildman–Crippen LogP) is 1.03. The van der Waals surface area contributed by atoms with Gasteiger partial charge in [0, 0.05) is 45.3 Å². The quantitative estimate of drug-likeness (QED) is 0.334. The summed E-state index contributed by atoms with van der Waals surface area (Å²) in [6.07, 6.45) is 3.63. The Kier molecular flexibility index (Phi) is 4.73. The van der Waals surface area contributed by atoms with Crippen molar-refractivity contribution in [1.29, 1.82) is 5.41 Å². The smallest absolute Gasteiger partial charge is 0.254 e. The summed E-state index contributed by atoms with van der Waals surface area (Å²) in [5.74, 6) is 0.472. The van der Waals surface area contributed by atoms with Crippen LogP contribution in [0.5, 0.6) is 0 Å². The second kappa shape index (κ2) is 6.81. The SMILES string of the molecule is CN/C=C(\C=N)C(=O)NC12CC(C1)Nc1nc(C(OC)OC)ccc12. The average Bonchev–Trinajstić information content (AvgIpc) is 2.59. The molecule has 0 unspecified atom stereocenters. The first-order valence-corrected chi connectivity index (χ1v) is 8.11. The molecule has 0 spiro atoms. The minimum absolute atomic E-state index is 0.272. The standard InChI is InChI=1S/C17H23N5O3/c1-19-9-10(8-18)15(23)22-17-6-11(7-17)20-14-12(17)4-5-13(21-14)16(24-2)25-3/h4-5,8-9,11,16,18-19H,6-7H2,1-3H3,(H,20,21)(H,22,23)/b10-9+,18-8?. The molecule has 8 heteroatoms. The van der Waals surface area contributed by atoms with Gasteiger partial charge in [-0.25, -0.2) is 4.98 Å². The minimum atomic E-state index is -0.529. The Balaban J connectivity index is 1.88. The van der Waals surface area contributed by atoms with Crippen LogP contribution in [0.25, 0.3) is 0 Å². The van der Waals surface area contributed by atoms with Crippen molar-refractivity contribution in [3.63, 3.8) is 0 Å². The molecule has 1 aromatic rings. The number of rotatable bonds is 7. The first kappa shape index (κ1) is 17.4. The molecule has 1 fully saturated rings. The molecule has 1 aliphatic carbocycles. The number of pyridine rings is 1. The number of nitrogens with one attached hydrogen (secondary N) is 4. The molecule has 1 saturated carbocycles. The number of carbonyl (C=O) groups excluding carboxylic acids is 1. The lowest BCUT2D eigenvalue weighted by Crippen LogP contribution is -2.62. The maximum absolute atomic E-state index is 12.5. The summed E-state index contributed by atoms with van der Waals surface area (Å²) in [6, 6.07) is 4.08. The van der Waals surface area contributed by atoms with E-state index in [0.717, 1.165) is 30.4 Å². The summed E-state index contributed by atoms with van der Waals surface area (Å²) in [5.41, 5.74) is 1.46. The van der Waals surface area contributed by atoms with Gasteiger partial charge in [0.1, 0.15) is 5.82 Å². The molecule has 3 heterocycles. The van der Waals surface area contributed by atoms with Crippen LogP contribution in [-0.4, -0.2) is 44.4 Å². The van der Waals surface area contributed by atoms with Crippen LogP contribution in [0.15, 0.2) is 23.9 Å². The highest BCUT2D eigenvalue weighted by Crippen LogP contribution is 2.50. The predicted molar refractivity (Wildman–Crippen MR) is 93.4 cm³/mol. The number of hydrogen-bond donors (Lipinski definition) is 4. The molecule has 2 aliphatic heterocycles. The maximum atomic E-state index is 12.5. The summed E-state index contributed by atoms with van der Waals surface area (Å²) in [6.45, 7) is 0. The molecule has 8 nitrogen and oxygen atoms in total. The maximum Gasteiger partial charge on any atom is 0.254 e. The number of hydrogen-bond acceptors (Lipinski definition) is 7. The molecule has 134 valence electrons. The molecule has 25 heavy (non-hydrogen) atoms. The number of ether oxygens (including phenoxy) is 2. The van der Waals surface area contributed by atoms with E-state index in [1.165, 1.54) is 6.20 Å². The van der Waals surface area contributed by atoms with Gasteiger partial charge in [-0.1, -0.05) is 6.07 Å². The molecular weight excluding hydrogens is 322 g/mol. The van der Waals surface area contributed by atoms with E-state index in [4.69, 9.17) is 14.9 Å². The van der Waals surface area contributed by atoms with Crippen LogP contribution in [0.2, 0.25) is 0 Å². The Morgan fingerprint density at radius 2 is 2.16 bits per heavy atom. The fourth-order valence-corrected chi connectivity index (χ4v) is 3.52. The molecule has 0 saturated heterocycles. The normalized spacial score (nSPS) is 24.0. The number of nitrogens with zero attached hydrogens (tertiary/aromatic N) is 1. The van der Waals surface area contributed by atoms with Gasteiger partial charge < -0.3 is 30.8 Å². The molecule has 0 radical (unpaired) electrons. The lowest BCUT2D eigenvalue weighted by Gasteiger charge is -2.53. The van der Waals surface area contributed by atoms with Gasteiger partial charge in [0.05, 0.1) is 16.8 Å². The first-order chi connectivity index (χ1) is 12.1. The third kappa shape index (κ3) is 2.98. The zero-order valence-corrected chi connectivity index (χ0v) is 14.6. The third-order valence-corrected chi connectivity index (χ3v) is 4.70. The van der Waals surface area contributed by atoms with Gasteiger partial charge in [-0.3, -0.25) is 4.79 Å². The van der Waals surface area contributed by atoms with Gasteiger partial charge in [0.15, 0.2) is 0 Å². The van der Waals surface area contributed by atoms with Crippen LogP contribution in [0.1, 0.15) is 30.4 Å². The number of carbonyl (C=O) groups is 1. The second-order valence-corrected chi connectivity index (χ2v) is 6.25. The molecule has 1 aromatic heterocycles. The lowest BCUT2D eigenvalue weighted by molar-refractivity contribution is -0.120. The summed E-state index contributed by atoms with van der Waals surface area (Å²) in [4.78, 5) is 17.1. The van der Waals surface area contributed by atoms with Crippen molar-refractivity contribution in [2.75, 3.05) is 26.6 Å². The van der Waals surface area contributed by atoms with Crippen molar-refractivity contribution in [2.45, 2.75) is 30.7 Å². The van der Waals surface area contributed by atoms with Crippen molar-refractivity contribution >= 4 is 17.9 Å². The van der Waals surface area contributed by atoms with Gasteiger partial charge in [-0.15, -0.1) is 0 Å². The zero-order valence-electron chi connectivity index (χ0n) is 14.6. The molecule has 0 aromatic carbocycles. The molecular formula is C17H23N5O3. The van der Waals surface area contributed by atoms with Crippen LogP contribution < -0.4 is 16.0 Å². The van der Waals surface area contributed by atoms with Gasteiger partial charge in [0.2, 0.25) is 6.29 Å². The van der Waals surface area contributed by atoms with Crippen LogP contribution in [-0.2, 0) is 19.8 Å². The lowest BCUT2D eigenvalue weighted by atomic mass is 9.65. The van der Waals surface area contributed by atoms with Crippen LogP contribution in [0, 0.1) is 5.41 Å². The topological polar surface area (TPSA) is 108 Å². The van der Waals surface area contributed by atoms with Crippen LogP contribution >= 0.6 is 0 Å². The second-order valence-electron chi connectivity index (χ2n) is 6.25. The van der Waals surface area contributed by atoms with Gasteiger partial charge in [0.25, 0.3) is 5.91 Å². The summed E-state index contributed by atoms with van der Waals surface area (Å²) in [5, 5.41) is 16.7.